The number of nitrogens with zero attached hydrogens (tertiary/aromatic N) is 1. The first-order valence-corrected chi connectivity index (χ1v) is 6.56. The van der Waals surface area contributed by atoms with Crippen LogP contribution < -0.4 is 11.3 Å². The lowest BCUT2D eigenvalue weighted by Crippen LogP contribution is -2.48. The zero-order valence-electron chi connectivity index (χ0n) is 12.5. The van der Waals surface area contributed by atoms with Crippen molar-refractivity contribution >= 4 is 5.91 Å². The van der Waals surface area contributed by atoms with Crippen LogP contribution in [0.15, 0.2) is 30.3 Å². The fourth-order valence-electron chi connectivity index (χ4n) is 2.12. The van der Waals surface area contributed by atoms with Crippen LogP contribution in [0.3, 0.4) is 0 Å². The zero-order chi connectivity index (χ0) is 14.6. The van der Waals surface area contributed by atoms with E-state index in [4.69, 9.17) is 5.84 Å². The summed E-state index contributed by atoms with van der Waals surface area (Å²) in [5.41, 5.74) is 3.30. The summed E-state index contributed by atoms with van der Waals surface area (Å²) in [6, 6.07) is 9.56. The first kappa shape index (κ1) is 15.7. The molecule has 0 aliphatic carbocycles. The Kier molecular flexibility index (Phi) is 5.09. The van der Waals surface area contributed by atoms with Gasteiger partial charge >= 0.3 is 0 Å². The fraction of sp³-hybridized carbons (Fsp3) is 0.533. The Hall–Kier alpha value is -1.39. The number of likely N-dealkylation sites (N-methyl/N-ethyl adjacent to an activating group) is 1. The molecule has 2 atom stereocenters. The minimum atomic E-state index is -0.375. The zero-order valence-corrected chi connectivity index (χ0v) is 12.5. The van der Waals surface area contributed by atoms with Crippen molar-refractivity contribution in [2.75, 3.05) is 7.05 Å². The Morgan fingerprint density at radius 2 is 1.79 bits per heavy atom. The number of carbonyl (C=O) groups is 1. The number of hydrogen-bond acceptors (Lipinski definition) is 3. The second-order valence-corrected chi connectivity index (χ2v) is 6.03. The first-order chi connectivity index (χ1) is 8.79. The van der Waals surface area contributed by atoms with E-state index in [2.05, 4.69) is 38.0 Å². The predicted molar refractivity (Wildman–Crippen MR) is 78.2 cm³/mol. The van der Waals surface area contributed by atoms with Gasteiger partial charge < -0.3 is 0 Å². The Bertz CT molecular complexity index is 411. The van der Waals surface area contributed by atoms with Crippen molar-refractivity contribution in [1.29, 1.82) is 0 Å². The molecule has 0 saturated carbocycles. The van der Waals surface area contributed by atoms with Crippen LogP contribution in [0, 0.1) is 5.41 Å². The van der Waals surface area contributed by atoms with Gasteiger partial charge in [0.2, 0.25) is 0 Å². The monoisotopic (exact) mass is 263 g/mol. The van der Waals surface area contributed by atoms with E-state index in [0.29, 0.717) is 0 Å². The molecule has 0 radical (unpaired) electrons. The maximum atomic E-state index is 12.1. The van der Waals surface area contributed by atoms with Gasteiger partial charge in [-0.2, -0.15) is 0 Å². The van der Waals surface area contributed by atoms with Crippen molar-refractivity contribution in [3.63, 3.8) is 0 Å². The Balaban J connectivity index is 3.09. The van der Waals surface area contributed by atoms with Crippen LogP contribution in [0.1, 0.15) is 39.3 Å². The molecule has 4 heteroatoms. The molecule has 19 heavy (non-hydrogen) atoms. The van der Waals surface area contributed by atoms with Crippen LogP contribution in [-0.2, 0) is 4.79 Å². The second-order valence-electron chi connectivity index (χ2n) is 6.03. The molecule has 1 aromatic rings. The molecule has 1 aromatic carbocycles. The average Bonchev–Trinajstić information content (AvgIpc) is 2.37. The number of hydrogen-bond donors (Lipinski definition) is 2. The summed E-state index contributed by atoms with van der Waals surface area (Å²) in [6.45, 7) is 8.61. The van der Waals surface area contributed by atoms with Crippen molar-refractivity contribution in [2.45, 2.75) is 39.8 Å². The number of rotatable bonds is 4. The molecule has 106 valence electrons. The van der Waals surface area contributed by atoms with Crippen molar-refractivity contribution in [1.82, 2.24) is 10.3 Å². The van der Waals surface area contributed by atoms with Gasteiger partial charge in [-0.3, -0.25) is 15.1 Å². The molecule has 3 N–H and O–H groups in total. The molecule has 0 aromatic heterocycles. The van der Waals surface area contributed by atoms with Crippen LogP contribution in [0.5, 0.6) is 0 Å². The van der Waals surface area contributed by atoms with Crippen LogP contribution in [0.2, 0.25) is 0 Å². The predicted octanol–water partition coefficient (Wildman–Crippen LogP) is 2.08. The first-order valence-electron chi connectivity index (χ1n) is 6.56. The van der Waals surface area contributed by atoms with E-state index in [1.807, 2.05) is 37.4 Å². The molecular weight excluding hydrogens is 238 g/mol. The van der Waals surface area contributed by atoms with E-state index in [-0.39, 0.29) is 23.4 Å². The largest absolute Gasteiger partial charge is 0.293 e. The summed E-state index contributed by atoms with van der Waals surface area (Å²) >= 11 is 0. The molecule has 1 amide bonds. The van der Waals surface area contributed by atoms with Crippen molar-refractivity contribution in [2.24, 2.45) is 11.3 Å². The highest BCUT2D eigenvalue weighted by molar-refractivity contribution is 5.82. The summed E-state index contributed by atoms with van der Waals surface area (Å²) in [5.74, 6) is 5.14. The summed E-state index contributed by atoms with van der Waals surface area (Å²) in [5, 5.41) is 0. The van der Waals surface area contributed by atoms with E-state index in [1.165, 1.54) is 0 Å². The van der Waals surface area contributed by atoms with E-state index in [0.717, 1.165) is 5.56 Å². The van der Waals surface area contributed by atoms with Gasteiger partial charge in [0.05, 0.1) is 0 Å². The maximum absolute atomic E-state index is 12.1. The summed E-state index contributed by atoms with van der Waals surface area (Å²) in [4.78, 5) is 14.2. The number of benzene rings is 1. The molecule has 2 unspecified atom stereocenters. The molecule has 0 heterocycles. The average molecular weight is 263 g/mol. The van der Waals surface area contributed by atoms with Crippen molar-refractivity contribution in [3.05, 3.63) is 35.9 Å². The van der Waals surface area contributed by atoms with E-state index in [1.54, 1.807) is 0 Å². The molecule has 0 bridgehead atoms. The lowest BCUT2D eigenvalue weighted by molar-refractivity contribution is -0.127. The Morgan fingerprint density at radius 3 is 2.21 bits per heavy atom. The Labute approximate surface area is 115 Å². The molecular formula is C15H25N3O. The highest BCUT2D eigenvalue weighted by atomic mass is 16.2. The van der Waals surface area contributed by atoms with Crippen molar-refractivity contribution < 1.29 is 4.79 Å². The third kappa shape index (κ3) is 3.78. The lowest BCUT2D eigenvalue weighted by Gasteiger charge is -2.39. The molecule has 0 spiro atoms. The van der Waals surface area contributed by atoms with Crippen LogP contribution in [0.25, 0.3) is 0 Å². The Morgan fingerprint density at radius 1 is 1.26 bits per heavy atom. The van der Waals surface area contributed by atoms with Crippen LogP contribution in [0.4, 0.5) is 0 Å². The molecule has 0 aliphatic rings. The van der Waals surface area contributed by atoms with Gasteiger partial charge in [-0.15, -0.1) is 0 Å². The lowest BCUT2D eigenvalue weighted by atomic mass is 9.85. The molecule has 0 saturated heterocycles. The molecule has 1 rings (SSSR count). The van der Waals surface area contributed by atoms with Gasteiger partial charge in [0, 0.05) is 6.04 Å². The smallest absolute Gasteiger partial charge is 0.255 e. The van der Waals surface area contributed by atoms with Crippen LogP contribution in [-0.4, -0.2) is 23.9 Å². The summed E-state index contributed by atoms with van der Waals surface area (Å²) in [7, 11) is 1.96. The summed E-state index contributed by atoms with van der Waals surface area (Å²) in [6.07, 6.45) is 0. The molecule has 0 fully saturated rings. The summed E-state index contributed by atoms with van der Waals surface area (Å²) < 4.78 is 0. The van der Waals surface area contributed by atoms with Gasteiger partial charge in [-0.1, -0.05) is 51.1 Å². The molecule has 0 aliphatic heterocycles. The van der Waals surface area contributed by atoms with E-state index >= 15 is 0 Å². The SMILES string of the molecule is CC(N(C)C(C(=O)NN)c1ccccc1)C(C)(C)C. The van der Waals surface area contributed by atoms with Gasteiger partial charge in [-0.25, -0.2) is 5.84 Å². The number of nitrogens with two attached hydrogens (primary N) is 1. The highest BCUT2D eigenvalue weighted by Gasteiger charge is 2.32. The van der Waals surface area contributed by atoms with Crippen molar-refractivity contribution in [3.8, 4) is 0 Å². The third-order valence-corrected chi connectivity index (χ3v) is 3.78. The highest BCUT2D eigenvalue weighted by Crippen LogP contribution is 2.30. The minimum absolute atomic E-state index is 0.0800. The number of amides is 1. The standard InChI is InChI=1S/C15H25N3O/c1-11(15(2,3)4)18(5)13(14(19)17-16)12-9-7-6-8-10-12/h6-11,13H,16H2,1-5H3,(H,17,19). The van der Waals surface area contributed by atoms with Gasteiger partial charge in [0.1, 0.15) is 6.04 Å². The van der Waals surface area contributed by atoms with E-state index < -0.39 is 0 Å². The fourth-order valence-corrected chi connectivity index (χ4v) is 2.12. The second kappa shape index (κ2) is 6.17. The minimum Gasteiger partial charge on any atom is -0.293 e. The maximum Gasteiger partial charge on any atom is 0.255 e. The van der Waals surface area contributed by atoms with Gasteiger partial charge in [0.15, 0.2) is 0 Å². The topological polar surface area (TPSA) is 58.4 Å². The number of hydrazine groups is 1. The van der Waals surface area contributed by atoms with Crippen LogP contribution >= 0.6 is 0 Å². The normalized spacial score (nSPS) is 15.1. The molecule has 4 nitrogen and oxygen atoms in total. The van der Waals surface area contributed by atoms with Gasteiger partial charge in [-0.05, 0) is 24.9 Å². The van der Waals surface area contributed by atoms with E-state index in [9.17, 15) is 4.79 Å². The quantitative estimate of drug-likeness (QED) is 0.497. The number of nitrogens with one attached hydrogen (secondary N) is 1. The third-order valence-electron chi connectivity index (χ3n) is 3.78. The van der Waals surface area contributed by atoms with Gasteiger partial charge in [0.25, 0.3) is 5.91 Å². The number of carbonyl (C=O) groups excluding carboxylic acids is 1.